The second-order valence-corrected chi connectivity index (χ2v) is 7.75. The molecule has 1 saturated heterocycles. The maximum absolute atomic E-state index is 13.1. The number of amides is 1. The Morgan fingerprint density at radius 2 is 1.97 bits per heavy atom. The van der Waals surface area contributed by atoms with E-state index in [9.17, 15) is 9.59 Å². The lowest BCUT2D eigenvalue weighted by Gasteiger charge is -2.33. The summed E-state index contributed by atoms with van der Waals surface area (Å²) in [6, 6.07) is 4.84. The number of carbonyl (C=O) groups is 2. The van der Waals surface area contributed by atoms with Crippen molar-refractivity contribution in [2.45, 2.75) is 45.4 Å². The number of allylic oxidation sites excluding steroid dienone is 1. The average Bonchev–Trinajstić information content (AvgIpc) is 3.02. The molecule has 29 heavy (non-hydrogen) atoms. The first-order valence-corrected chi connectivity index (χ1v) is 10.6. The van der Waals surface area contributed by atoms with Gasteiger partial charge in [-0.1, -0.05) is 24.8 Å². The quantitative estimate of drug-likeness (QED) is 0.629. The van der Waals surface area contributed by atoms with Gasteiger partial charge >= 0.3 is 5.97 Å². The lowest BCUT2D eigenvalue weighted by Crippen LogP contribution is -2.40. The summed E-state index contributed by atoms with van der Waals surface area (Å²) in [6.45, 7) is 8.14. The van der Waals surface area contributed by atoms with E-state index in [1.54, 1.807) is 31.9 Å². The van der Waals surface area contributed by atoms with Crippen molar-refractivity contribution in [3.8, 4) is 11.5 Å². The van der Waals surface area contributed by atoms with E-state index in [1.165, 1.54) is 11.8 Å². The first-order chi connectivity index (χ1) is 14.0. The van der Waals surface area contributed by atoms with Crippen molar-refractivity contribution in [2.24, 2.45) is 4.99 Å². The number of aliphatic imine (C=N–C) groups is 1. The predicted octanol–water partition coefficient (Wildman–Crippen LogP) is 3.70. The number of fused-ring (bicyclic) bond motifs is 1. The Morgan fingerprint density at radius 3 is 2.59 bits per heavy atom. The van der Waals surface area contributed by atoms with Crippen LogP contribution in [-0.4, -0.2) is 47.5 Å². The fourth-order valence-corrected chi connectivity index (χ4v) is 4.64. The first-order valence-electron chi connectivity index (χ1n) is 9.73. The maximum atomic E-state index is 13.1. The zero-order valence-electron chi connectivity index (χ0n) is 17.4. The maximum Gasteiger partial charge on any atom is 0.338 e. The van der Waals surface area contributed by atoms with Crippen molar-refractivity contribution in [1.29, 1.82) is 0 Å². The zero-order chi connectivity index (χ0) is 21.1. The number of amidine groups is 1. The molecule has 0 N–H and O–H groups in total. The minimum absolute atomic E-state index is 0.0524. The van der Waals surface area contributed by atoms with Crippen molar-refractivity contribution in [3.05, 3.63) is 35.0 Å². The van der Waals surface area contributed by atoms with Gasteiger partial charge in [-0.05, 0) is 44.9 Å². The molecule has 0 aromatic heterocycles. The van der Waals surface area contributed by atoms with Gasteiger partial charge in [0, 0.05) is 0 Å². The molecule has 156 valence electrons. The fourth-order valence-electron chi connectivity index (χ4n) is 3.50. The van der Waals surface area contributed by atoms with E-state index >= 15 is 0 Å². The van der Waals surface area contributed by atoms with E-state index in [1.807, 2.05) is 26.0 Å². The van der Waals surface area contributed by atoms with Gasteiger partial charge in [0.05, 0.1) is 42.9 Å². The normalized spacial score (nSPS) is 21.1. The monoisotopic (exact) mass is 418 g/mol. The third kappa shape index (κ3) is 3.85. The summed E-state index contributed by atoms with van der Waals surface area (Å²) in [5, 5.41) is 0.403. The van der Waals surface area contributed by atoms with E-state index in [0.717, 1.165) is 5.56 Å². The first kappa shape index (κ1) is 21.2. The highest BCUT2D eigenvalue weighted by Gasteiger charge is 2.47. The summed E-state index contributed by atoms with van der Waals surface area (Å²) in [5.74, 6) is 0.628. The number of nitrogens with zero attached hydrogens (tertiary/aromatic N) is 2. The Labute approximate surface area is 175 Å². The SMILES string of the molecule is CCOC(=O)C1=C(C)N=C2SC(CC)C(=O)N2C1c1ccc(OCC)c(OC)c1. The molecular weight excluding hydrogens is 392 g/mol. The second-order valence-electron chi connectivity index (χ2n) is 6.58. The van der Waals surface area contributed by atoms with Crippen molar-refractivity contribution in [3.63, 3.8) is 0 Å². The van der Waals surface area contributed by atoms with Gasteiger partial charge in [-0.25, -0.2) is 9.79 Å². The topological polar surface area (TPSA) is 77.4 Å². The van der Waals surface area contributed by atoms with Crippen LogP contribution in [0.2, 0.25) is 0 Å². The summed E-state index contributed by atoms with van der Waals surface area (Å²) in [7, 11) is 1.56. The largest absolute Gasteiger partial charge is 0.493 e. The number of hydrogen-bond acceptors (Lipinski definition) is 7. The molecule has 8 heteroatoms. The van der Waals surface area contributed by atoms with Crippen LogP contribution in [0.4, 0.5) is 0 Å². The van der Waals surface area contributed by atoms with Gasteiger partial charge in [0.1, 0.15) is 0 Å². The molecule has 2 aliphatic rings. The summed E-state index contributed by atoms with van der Waals surface area (Å²) < 4.78 is 16.4. The second kappa shape index (κ2) is 8.90. The Bertz CT molecular complexity index is 880. The van der Waals surface area contributed by atoms with Crippen LogP contribution < -0.4 is 9.47 Å². The predicted molar refractivity (Wildman–Crippen MR) is 112 cm³/mol. The number of benzene rings is 1. The number of methoxy groups -OCH3 is 1. The van der Waals surface area contributed by atoms with Gasteiger partial charge in [0.2, 0.25) is 5.91 Å². The number of thioether (sulfide) groups is 1. The molecule has 2 heterocycles. The minimum atomic E-state index is -0.623. The molecule has 1 amide bonds. The van der Waals surface area contributed by atoms with Crippen LogP contribution in [0.1, 0.15) is 45.7 Å². The van der Waals surface area contributed by atoms with Crippen LogP contribution in [-0.2, 0) is 14.3 Å². The van der Waals surface area contributed by atoms with E-state index in [-0.39, 0.29) is 17.8 Å². The number of rotatable bonds is 7. The van der Waals surface area contributed by atoms with Gasteiger partial charge in [0.25, 0.3) is 0 Å². The van der Waals surface area contributed by atoms with E-state index in [2.05, 4.69) is 4.99 Å². The standard InChI is InChI=1S/C21H26N2O5S/c1-6-16-19(24)23-18(13-9-10-14(27-7-2)15(11-13)26-5)17(20(25)28-8-3)12(4)22-21(23)29-16/h9-11,16,18H,6-8H2,1-5H3. The van der Waals surface area contributed by atoms with Gasteiger partial charge in [-0.2, -0.15) is 0 Å². The zero-order valence-corrected chi connectivity index (χ0v) is 18.2. The van der Waals surface area contributed by atoms with E-state index < -0.39 is 12.0 Å². The lowest BCUT2D eigenvalue weighted by molar-refractivity contribution is -0.139. The number of carbonyl (C=O) groups excluding carboxylic acids is 2. The highest BCUT2D eigenvalue weighted by atomic mass is 32.2. The Balaban J connectivity index is 2.14. The van der Waals surface area contributed by atoms with E-state index in [0.29, 0.717) is 41.0 Å². The highest BCUT2D eigenvalue weighted by Crippen LogP contribution is 2.45. The van der Waals surface area contributed by atoms with Crippen LogP contribution in [0.15, 0.2) is 34.5 Å². The van der Waals surface area contributed by atoms with Gasteiger partial charge in [-0.15, -0.1) is 0 Å². The Morgan fingerprint density at radius 1 is 1.21 bits per heavy atom. The van der Waals surface area contributed by atoms with Crippen LogP contribution in [0, 0.1) is 0 Å². The molecule has 1 fully saturated rings. The van der Waals surface area contributed by atoms with Gasteiger partial charge in [0.15, 0.2) is 16.7 Å². The molecule has 2 atom stereocenters. The number of ether oxygens (including phenoxy) is 3. The van der Waals surface area contributed by atoms with Crippen LogP contribution in [0.5, 0.6) is 11.5 Å². The third-order valence-corrected chi connectivity index (χ3v) is 6.14. The average molecular weight is 419 g/mol. The summed E-state index contributed by atoms with van der Waals surface area (Å²) in [5.41, 5.74) is 1.67. The summed E-state index contributed by atoms with van der Waals surface area (Å²) in [6.07, 6.45) is 0.687. The van der Waals surface area contributed by atoms with E-state index in [4.69, 9.17) is 14.2 Å². The highest BCUT2D eigenvalue weighted by molar-refractivity contribution is 8.15. The molecule has 1 aromatic rings. The molecule has 0 spiro atoms. The molecule has 0 saturated carbocycles. The molecule has 3 rings (SSSR count). The fraction of sp³-hybridized carbons (Fsp3) is 0.476. The Hall–Kier alpha value is -2.48. The minimum Gasteiger partial charge on any atom is -0.493 e. The van der Waals surface area contributed by atoms with Gasteiger partial charge < -0.3 is 14.2 Å². The molecular formula is C21H26N2O5S. The van der Waals surface area contributed by atoms with Crippen LogP contribution in [0.3, 0.4) is 0 Å². The molecule has 2 unspecified atom stereocenters. The van der Waals surface area contributed by atoms with Crippen molar-refractivity contribution in [1.82, 2.24) is 4.90 Å². The third-order valence-electron chi connectivity index (χ3n) is 4.82. The molecule has 1 aromatic carbocycles. The van der Waals surface area contributed by atoms with Crippen molar-refractivity contribution < 1.29 is 23.8 Å². The number of hydrogen-bond donors (Lipinski definition) is 0. The smallest absolute Gasteiger partial charge is 0.338 e. The summed E-state index contributed by atoms with van der Waals surface area (Å²) in [4.78, 5) is 32.1. The van der Waals surface area contributed by atoms with Crippen LogP contribution >= 0.6 is 11.8 Å². The molecule has 2 aliphatic heterocycles. The van der Waals surface area contributed by atoms with Crippen LogP contribution in [0.25, 0.3) is 0 Å². The number of esters is 1. The molecule has 7 nitrogen and oxygen atoms in total. The Kier molecular flexibility index (Phi) is 6.52. The summed E-state index contributed by atoms with van der Waals surface area (Å²) >= 11 is 1.44. The molecule has 0 aliphatic carbocycles. The van der Waals surface area contributed by atoms with Crippen molar-refractivity contribution >= 4 is 28.8 Å². The van der Waals surface area contributed by atoms with Gasteiger partial charge in [-0.3, -0.25) is 9.69 Å². The molecule has 0 radical (unpaired) electrons. The molecule has 0 bridgehead atoms. The lowest BCUT2D eigenvalue weighted by atomic mass is 9.94. The van der Waals surface area contributed by atoms with Crippen molar-refractivity contribution in [2.75, 3.05) is 20.3 Å².